The molecule has 2 fully saturated rings. The Morgan fingerprint density at radius 2 is 1.84 bits per heavy atom. The summed E-state index contributed by atoms with van der Waals surface area (Å²) in [5, 5.41) is 11.6. The van der Waals surface area contributed by atoms with E-state index in [1.165, 1.54) is 38.5 Å². The van der Waals surface area contributed by atoms with Crippen LogP contribution in [0.1, 0.15) is 86.5 Å². The third-order valence-electron chi connectivity index (χ3n) is 12.7. The number of aliphatic hydroxyl groups excluding tert-OH is 1. The van der Waals surface area contributed by atoms with Crippen molar-refractivity contribution in [2.45, 2.75) is 98.6 Å². The Hall–Kier alpha value is -1.65. The molecule has 1 N–H and O–H groups in total. The third kappa shape index (κ3) is 3.79. The second-order valence-corrected chi connectivity index (χ2v) is 14.3. The molecule has 7 atom stereocenters. The minimum Gasteiger partial charge on any atom is -0.393 e. The van der Waals surface area contributed by atoms with Gasteiger partial charge in [0.15, 0.2) is 0 Å². The highest BCUT2D eigenvalue weighted by Crippen LogP contribution is 2.68. The monoisotopic (exact) mass is 517 g/mol. The summed E-state index contributed by atoms with van der Waals surface area (Å²) in [5.41, 5.74) is 5.75. The highest BCUT2D eigenvalue weighted by atomic mass is 16.3. The number of hydrogen-bond acceptors (Lipinski definition) is 4. The van der Waals surface area contributed by atoms with Gasteiger partial charge in [-0.15, -0.1) is 0 Å². The van der Waals surface area contributed by atoms with Gasteiger partial charge >= 0.3 is 0 Å². The zero-order valence-corrected chi connectivity index (χ0v) is 24.8. The first kappa shape index (κ1) is 26.6. The van der Waals surface area contributed by atoms with Crippen LogP contribution in [0.15, 0.2) is 47.2 Å². The van der Waals surface area contributed by atoms with E-state index in [9.17, 15) is 5.11 Å². The van der Waals surface area contributed by atoms with Crippen molar-refractivity contribution in [3.63, 3.8) is 0 Å². The molecule has 0 spiro atoms. The predicted molar refractivity (Wildman–Crippen MR) is 157 cm³/mol. The normalized spacial score (nSPS) is 39.8. The molecule has 4 nitrogen and oxygen atoms in total. The summed E-state index contributed by atoms with van der Waals surface area (Å²) in [6.07, 6.45) is 12.8. The van der Waals surface area contributed by atoms with Crippen molar-refractivity contribution in [3.05, 3.63) is 47.2 Å². The Kier molecular flexibility index (Phi) is 6.62. The number of piperazine rings is 1. The lowest BCUT2D eigenvalue weighted by Crippen LogP contribution is -2.62. The molecule has 2 heterocycles. The van der Waals surface area contributed by atoms with Crippen molar-refractivity contribution in [2.24, 2.45) is 34.0 Å². The van der Waals surface area contributed by atoms with Gasteiger partial charge in [0.2, 0.25) is 0 Å². The van der Waals surface area contributed by atoms with Gasteiger partial charge in [-0.3, -0.25) is 4.90 Å². The molecule has 0 radical (unpaired) electrons. The first-order valence-corrected chi connectivity index (χ1v) is 15.6. The van der Waals surface area contributed by atoms with Gasteiger partial charge in [-0.2, -0.15) is 0 Å². The molecule has 4 heteroatoms. The topological polar surface area (TPSA) is 39.6 Å². The quantitative estimate of drug-likeness (QED) is 0.473. The fourth-order valence-corrected chi connectivity index (χ4v) is 10.3. The van der Waals surface area contributed by atoms with Crippen LogP contribution in [0.3, 0.4) is 0 Å². The predicted octanol–water partition coefficient (Wildman–Crippen LogP) is 6.87. The lowest BCUT2D eigenvalue weighted by atomic mass is 9.42. The zero-order chi connectivity index (χ0) is 26.9. The molecule has 0 amide bonds. The number of nitrogens with zero attached hydrogens (tertiary/aromatic N) is 3. The Balaban J connectivity index is 1.32. The first-order chi connectivity index (χ1) is 18.1. The summed E-state index contributed by atoms with van der Waals surface area (Å²) in [4.78, 5) is 9.78. The average Bonchev–Trinajstić information content (AvgIpc) is 3.27. The minimum atomic E-state index is -0.228. The number of aromatic nitrogens is 1. The van der Waals surface area contributed by atoms with Crippen LogP contribution in [-0.4, -0.2) is 53.3 Å². The molecule has 5 aliphatic rings. The van der Waals surface area contributed by atoms with E-state index in [0.29, 0.717) is 23.3 Å². The van der Waals surface area contributed by atoms with Crippen molar-refractivity contribution < 1.29 is 5.11 Å². The first-order valence-electron chi connectivity index (χ1n) is 15.6. The summed E-state index contributed by atoms with van der Waals surface area (Å²) in [7, 11) is 0. The van der Waals surface area contributed by atoms with E-state index in [2.05, 4.69) is 74.5 Å². The maximum Gasteiger partial charge on any atom is 0.128 e. The summed E-state index contributed by atoms with van der Waals surface area (Å²) >= 11 is 0. The third-order valence-corrected chi connectivity index (χ3v) is 12.7. The van der Waals surface area contributed by atoms with E-state index in [0.717, 1.165) is 44.3 Å². The highest BCUT2D eigenvalue weighted by Gasteiger charge is 2.61. The molecule has 1 aliphatic heterocycles. The molecule has 2 unspecified atom stereocenters. The molecule has 0 aromatic carbocycles. The van der Waals surface area contributed by atoms with Crippen LogP contribution in [0.2, 0.25) is 0 Å². The van der Waals surface area contributed by atoms with E-state index in [-0.39, 0.29) is 16.9 Å². The van der Waals surface area contributed by atoms with Gasteiger partial charge in [0.25, 0.3) is 0 Å². The summed E-state index contributed by atoms with van der Waals surface area (Å²) in [5.74, 6) is 2.93. The molecule has 38 heavy (non-hydrogen) atoms. The van der Waals surface area contributed by atoms with Crippen LogP contribution in [0.25, 0.3) is 0 Å². The fraction of sp³-hybridized carbons (Fsp3) is 0.735. The molecule has 1 saturated heterocycles. The van der Waals surface area contributed by atoms with E-state index >= 15 is 0 Å². The number of anilines is 1. The number of rotatable bonds is 4. The molecule has 1 aromatic rings. The standard InChI is InChI=1S/C34H51N3O/c1-7-24-11-13-26-25-12-14-29-32(3,4)30(38)22-28(34(29,6)27(25)15-16-33(24,26)5)23(2)36-18-20-37(21-19-36)31-10-8-9-17-35-31/h8-10,13,17,23-24,28-30,38H,7,11-12,14-16,18-22H2,1-6H3/t23?,24-,28?,29-,30-,33+,34-/m0/s1. The van der Waals surface area contributed by atoms with E-state index in [4.69, 9.17) is 0 Å². The smallest absolute Gasteiger partial charge is 0.128 e. The van der Waals surface area contributed by atoms with Crippen molar-refractivity contribution >= 4 is 5.82 Å². The maximum atomic E-state index is 11.6. The molecule has 1 saturated carbocycles. The lowest BCUT2D eigenvalue weighted by molar-refractivity contribution is -0.139. The van der Waals surface area contributed by atoms with Crippen molar-refractivity contribution in [2.75, 3.05) is 31.1 Å². The summed E-state index contributed by atoms with van der Waals surface area (Å²) < 4.78 is 0. The molecular formula is C34H51N3O. The van der Waals surface area contributed by atoms with Crippen LogP contribution in [-0.2, 0) is 0 Å². The minimum absolute atomic E-state index is 0.0437. The molecule has 6 rings (SSSR count). The van der Waals surface area contributed by atoms with Gasteiger partial charge in [-0.05, 0) is 103 Å². The van der Waals surface area contributed by atoms with Crippen molar-refractivity contribution in [1.82, 2.24) is 9.88 Å². The number of aliphatic hydroxyl groups is 1. The molecule has 1 aromatic heterocycles. The van der Waals surface area contributed by atoms with Crippen molar-refractivity contribution in [3.8, 4) is 0 Å². The van der Waals surface area contributed by atoms with E-state index in [1.807, 2.05) is 12.3 Å². The number of fused-ring (bicyclic) bond motifs is 4. The van der Waals surface area contributed by atoms with Crippen LogP contribution < -0.4 is 4.90 Å². The maximum absolute atomic E-state index is 11.6. The van der Waals surface area contributed by atoms with Crippen LogP contribution >= 0.6 is 0 Å². The van der Waals surface area contributed by atoms with Crippen molar-refractivity contribution in [1.29, 1.82) is 0 Å². The Morgan fingerprint density at radius 3 is 2.53 bits per heavy atom. The van der Waals surface area contributed by atoms with Crippen LogP contribution in [0.4, 0.5) is 5.82 Å². The van der Waals surface area contributed by atoms with Gasteiger partial charge < -0.3 is 10.0 Å². The Bertz CT molecular complexity index is 1100. The molecular weight excluding hydrogens is 466 g/mol. The number of hydrogen-bond donors (Lipinski definition) is 1. The van der Waals surface area contributed by atoms with Gasteiger partial charge in [0.1, 0.15) is 5.82 Å². The van der Waals surface area contributed by atoms with E-state index in [1.54, 1.807) is 16.7 Å². The largest absolute Gasteiger partial charge is 0.393 e. The Morgan fingerprint density at radius 1 is 1.08 bits per heavy atom. The summed E-state index contributed by atoms with van der Waals surface area (Å²) in [6.45, 7) is 19.0. The van der Waals surface area contributed by atoms with Crippen LogP contribution in [0, 0.1) is 34.0 Å². The van der Waals surface area contributed by atoms with Gasteiger partial charge in [-0.1, -0.05) is 58.8 Å². The molecule has 208 valence electrons. The van der Waals surface area contributed by atoms with E-state index < -0.39 is 0 Å². The van der Waals surface area contributed by atoms with Gasteiger partial charge in [-0.25, -0.2) is 4.98 Å². The van der Waals surface area contributed by atoms with Crippen LogP contribution in [0.5, 0.6) is 0 Å². The average molecular weight is 518 g/mol. The number of pyridine rings is 1. The summed E-state index contributed by atoms with van der Waals surface area (Å²) in [6, 6.07) is 6.69. The number of allylic oxidation sites excluding steroid dienone is 4. The second kappa shape index (κ2) is 9.47. The molecule has 0 bridgehead atoms. The lowest BCUT2D eigenvalue weighted by Gasteiger charge is -2.64. The second-order valence-electron chi connectivity index (χ2n) is 14.3. The highest BCUT2D eigenvalue weighted by molar-refractivity contribution is 5.50. The van der Waals surface area contributed by atoms with Gasteiger partial charge in [0.05, 0.1) is 6.10 Å². The zero-order valence-electron chi connectivity index (χ0n) is 24.8. The Labute approximate surface area is 231 Å². The molecule has 4 aliphatic carbocycles. The fourth-order valence-electron chi connectivity index (χ4n) is 10.3. The SMILES string of the molecule is CC[C@H]1CC=C2C3=C(CC[C@@]21C)[C@@]1(C)C(C(C)N2CCN(c4ccccn4)CC2)C[C@H](O)C(C)(C)[C@@H]1CC3. The van der Waals surface area contributed by atoms with Gasteiger partial charge in [0, 0.05) is 38.4 Å².